The van der Waals surface area contributed by atoms with Crippen molar-refractivity contribution in [2.24, 2.45) is 0 Å². The van der Waals surface area contributed by atoms with E-state index >= 15 is 0 Å². The lowest BCUT2D eigenvalue weighted by Crippen LogP contribution is -2.19. The SMILES string of the molecule is CCC(CC)Nc1nc(C)c(-c2c(OC)cc(CO)cc2OC)nc1OC. The Morgan fingerprint density at radius 1 is 1.00 bits per heavy atom. The van der Waals surface area contributed by atoms with Gasteiger partial charge in [0, 0.05) is 6.04 Å². The molecule has 0 spiro atoms. The second kappa shape index (κ2) is 9.41. The smallest absolute Gasteiger partial charge is 0.257 e. The minimum atomic E-state index is -0.112. The number of benzene rings is 1. The fourth-order valence-electron chi connectivity index (χ4n) is 2.95. The summed E-state index contributed by atoms with van der Waals surface area (Å²) in [6.45, 7) is 6.03. The molecule has 1 heterocycles. The number of hydrogen-bond donors (Lipinski definition) is 2. The van der Waals surface area contributed by atoms with Crippen LogP contribution in [0.3, 0.4) is 0 Å². The monoisotopic (exact) mass is 375 g/mol. The molecule has 148 valence electrons. The van der Waals surface area contributed by atoms with Gasteiger partial charge in [-0.25, -0.2) is 9.97 Å². The Balaban J connectivity index is 2.63. The van der Waals surface area contributed by atoms with Crippen molar-refractivity contribution in [1.82, 2.24) is 9.97 Å². The molecule has 0 radical (unpaired) electrons. The van der Waals surface area contributed by atoms with Crippen LogP contribution < -0.4 is 19.5 Å². The average Bonchev–Trinajstić information content (AvgIpc) is 2.71. The molecule has 2 aromatic rings. The van der Waals surface area contributed by atoms with Crippen LogP contribution in [0.4, 0.5) is 5.82 Å². The van der Waals surface area contributed by atoms with Crippen molar-refractivity contribution in [2.75, 3.05) is 26.6 Å². The lowest BCUT2D eigenvalue weighted by molar-refractivity contribution is 0.280. The molecule has 1 aromatic carbocycles. The maximum absolute atomic E-state index is 9.48. The molecule has 7 nitrogen and oxygen atoms in total. The molecule has 0 aliphatic rings. The third kappa shape index (κ3) is 4.42. The number of ether oxygens (including phenoxy) is 3. The summed E-state index contributed by atoms with van der Waals surface area (Å²) in [6, 6.07) is 3.83. The van der Waals surface area contributed by atoms with Crippen LogP contribution in [0.2, 0.25) is 0 Å². The quantitative estimate of drug-likeness (QED) is 0.693. The fraction of sp³-hybridized carbons (Fsp3) is 0.500. The second-order valence-corrected chi connectivity index (χ2v) is 6.21. The highest BCUT2D eigenvalue weighted by Crippen LogP contribution is 2.41. The first-order valence-electron chi connectivity index (χ1n) is 9.08. The van der Waals surface area contributed by atoms with E-state index in [9.17, 15) is 5.11 Å². The number of aryl methyl sites for hydroxylation is 1. The number of nitrogens with one attached hydrogen (secondary N) is 1. The lowest BCUT2D eigenvalue weighted by atomic mass is 10.0. The molecule has 27 heavy (non-hydrogen) atoms. The molecule has 0 aliphatic heterocycles. The molecule has 0 aliphatic carbocycles. The molecule has 0 fully saturated rings. The van der Waals surface area contributed by atoms with Gasteiger partial charge >= 0.3 is 0 Å². The molecule has 0 amide bonds. The van der Waals surface area contributed by atoms with Gasteiger partial charge in [-0.3, -0.25) is 0 Å². The van der Waals surface area contributed by atoms with Crippen LogP contribution >= 0.6 is 0 Å². The minimum Gasteiger partial charge on any atom is -0.496 e. The average molecular weight is 375 g/mol. The molecule has 0 atom stereocenters. The molecule has 2 N–H and O–H groups in total. The van der Waals surface area contributed by atoms with E-state index in [4.69, 9.17) is 19.2 Å². The van der Waals surface area contributed by atoms with Gasteiger partial charge in [-0.1, -0.05) is 13.8 Å². The highest BCUT2D eigenvalue weighted by molar-refractivity contribution is 5.77. The molecule has 0 bridgehead atoms. The van der Waals surface area contributed by atoms with E-state index in [0.717, 1.165) is 18.5 Å². The predicted octanol–water partition coefficient (Wildman–Crippen LogP) is 3.57. The van der Waals surface area contributed by atoms with Gasteiger partial charge in [0.1, 0.15) is 17.2 Å². The Bertz CT molecular complexity index is 751. The molecule has 0 unspecified atom stereocenters. The van der Waals surface area contributed by atoms with E-state index in [2.05, 4.69) is 24.1 Å². The largest absolute Gasteiger partial charge is 0.496 e. The Morgan fingerprint density at radius 2 is 1.59 bits per heavy atom. The van der Waals surface area contributed by atoms with Crippen LogP contribution in [0.25, 0.3) is 11.3 Å². The number of hydrogen-bond acceptors (Lipinski definition) is 7. The molecule has 2 rings (SSSR count). The van der Waals surface area contributed by atoms with Gasteiger partial charge in [0.05, 0.1) is 39.2 Å². The predicted molar refractivity (Wildman–Crippen MR) is 106 cm³/mol. The third-order valence-electron chi connectivity index (χ3n) is 4.54. The van der Waals surface area contributed by atoms with Gasteiger partial charge in [-0.15, -0.1) is 0 Å². The zero-order chi connectivity index (χ0) is 20.0. The molecule has 1 aromatic heterocycles. The van der Waals surface area contributed by atoms with E-state index in [0.29, 0.717) is 46.1 Å². The standard InChI is InChI=1S/C20H29N3O4/c1-7-14(8-2)22-19-20(27-6)23-18(12(3)21-19)17-15(25-4)9-13(11-24)10-16(17)26-5/h9-10,14,24H,7-8,11H2,1-6H3,(H,21,22). The minimum absolute atomic E-state index is 0.112. The van der Waals surface area contributed by atoms with Crippen LogP contribution in [-0.2, 0) is 6.61 Å². The maximum atomic E-state index is 9.48. The first-order chi connectivity index (χ1) is 13.0. The summed E-state index contributed by atoms with van der Waals surface area (Å²) in [4.78, 5) is 9.38. The van der Waals surface area contributed by atoms with Gasteiger partial charge in [0.2, 0.25) is 0 Å². The zero-order valence-electron chi connectivity index (χ0n) is 16.9. The number of aromatic nitrogens is 2. The molecule has 0 saturated heterocycles. The van der Waals surface area contributed by atoms with E-state index in [-0.39, 0.29) is 6.61 Å². The number of rotatable bonds is 9. The molecule has 7 heteroatoms. The lowest BCUT2D eigenvalue weighted by Gasteiger charge is -2.20. The summed E-state index contributed by atoms with van der Waals surface area (Å²) in [5, 5.41) is 12.9. The van der Waals surface area contributed by atoms with Crippen molar-refractivity contribution in [2.45, 2.75) is 46.3 Å². The van der Waals surface area contributed by atoms with Crippen molar-refractivity contribution < 1.29 is 19.3 Å². The van der Waals surface area contributed by atoms with Crippen molar-refractivity contribution >= 4 is 5.82 Å². The summed E-state index contributed by atoms with van der Waals surface area (Å²) >= 11 is 0. The van der Waals surface area contributed by atoms with Gasteiger partial charge < -0.3 is 24.6 Å². The number of anilines is 1. The van der Waals surface area contributed by atoms with E-state index in [1.165, 1.54) is 0 Å². The topological polar surface area (TPSA) is 85.7 Å². The zero-order valence-corrected chi connectivity index (χ0v) is 16.9. The summed E-state index contributed by atoms with van der Waals surface area (Å²) < 4.78 is 16.5. The highest BCUT2D eigenvalue weighted by Gasteiger charge is 2.22. The van der Waals surface area contributed by atoms with Crippen LogP contribution in [0, 0.1) is 6.92 Å². The van der Waals surface area contributed by atoms with Crippen LogP contribution in [0.5, 0.6) is 17.4 Å². The Labute approximate surface area is 160 Å². The Morgan fingerprint density at radius 3 is 2.04 bits per heavy atom. The maximum Gasteiger partial charge on any atom is 0.257 e. The summed E-state index contributed by atoms with van der Waals surface area (Å²) in [7, 11) is 4.72. The number of aliphatic hydroxyl groups is 1. The van der Waals surface area contributed by atoms with Gasteiger partial charge in [-0.05, 0) is 37.5 Å². The van der Waals surface area contributed by atoms with Crippen LogP contribution in [0.1, 0.15) is 37.9 Å². The normalized spacial score (nSPS) is 10.8. The molecular weight excluding hydrogens is 346 g/mol. The van der Waals surface area contributed by atoms with Crippen molar-refractivity contribution in [3.05, 3.63) is 23.4 Å². The Hall–Kier alpha value is -2.54. The van der Waals surface area contributed by atoms with Crippen LogP contribution in [-0.4, -0.2) is 42.4 Å². The molecular formula is C20H29N3O4. The van der Waals surface area contributed by atoms with E-state index in [1.807, 2.05) is 6.92 Å². The van der Waals surface area contributed by atoms with E-state index < -0.39 is 0 Å². The van der Waals surface area contributed by atoms with Gasteiger partial charge in [0.15, 0.2) is 5.82 Å². The number of aliphatic hydroxyl groups excluding tert-OH is 1. The summed E-state index contributed by atoms with van der Waals surface area (Å²) in [5.74, 6) is 2.15. The van der Waals surface area contributed by atoms with Crippen LogP contribution in [0.15, 0.2) is 12.1 Å². The third-order valence-corrected chi connectivity index (χ3v) is 4.54. The van der Waals surface area contributed by atoms with Gasteiger partial charge in [-0.2, -0.15) is 0 Å². The highest BCUT2D eigenvalue weighted by atomic mass is 16.5. The fourth-order valence-corrected chi connectivity index (χ4v) is 2.95. The first-order valence-corrected chi connectivity index (χ1v) is 9.08. The summed E-state index contributed by atoms with van der Waals surface area (Å²) in [6.07, 6.45) is 1.96. The van der Waals surface area contributed by atoms with Crippen molar-refractivity contribution in [1.29, 1.82) is 0 Å². The van der Waals surface area contributed by atoms with Crippen molar-refractivity contribution in [3.8, 4) is 28.6 Å². The number of methoxy groups -OCH3 is 3. The number of nitrogens with zero attached hydrogens (tertiary/aromatic N) is 2. The van der Waals surface area contributed by atoms with Gasteiger partial charge in [0.25, 0.3) is 5.88 Å². The Kier molecular flexibility index (Phi) is 7.24. The molecule has 0 saturated carbocycles. The van der Waals surface area contributed by atoms with E-state index in [1.54, 1.807) is 33.5 Å². The summed E-state index contributed by atoms with van der Waals surface area (Å²) in [5.41, 5.74) is 2.70. The first kappa shape index (κ1) is 20.8. The van der Waals surface area contributed by atoms with Crippen molar-refractivity contribution in [3.63, 3.8) is 0 Å². The second-order valence-electron chi connectivity index (χ2n) is 6.21.